The van der Waals surface area contributed by atoms with E-state index < -0.39 is 5.69 Å². The maximum absolute atomic E-state index is 12.4. The van der Waals surface area contributed by atoms with Crippen LogP contribution in [0.3, 0.4) is 0 Å². The molecule has 0 saturated heterocycles. The number of aromatic amines is 1. The molecule has 0 saturated carbocycles. The first-order valence-electron chi connectivity index (χ1n) is 7.90. The summed E-state index contributed by atoms with van der Waals surface area (Å²) in [7, 11) is 0. The predicted octanol–water partition coefficient (Wildman–Crippen LogP) is 2.38. The van der Waals surface area contributed by atoms with Gasteiger partial charge in [-0.2, -0.15) is 4.98 Å². The second-order valence-electron chi connectivity index (χ2n) is 5.81. The van der Waals surface area contributed by atoms with Crippen molar-refractivity contribution in [2.24, 2.45) is 0 Å². The van der Waals surface area contributed by atoms with Gasteiger partial charge in [-0.15, -0.1) is 0 Å². The van der Waals surface area contributed by atoms with Crippen molar-refractivity contribution < 1.29 is 4.79 Å². The highest BCUT2D eigenvalue weighted by Crippen LogP contribution is 2.22. The second-order valence-corrected chi connectivity index (χ2v) is 5.81. The molecule has 1 aromatic carbocycles. The van der Waals surface area contributed by atoms with Crippen LogP contribution >= 0.6 is 0 Å². The van der Waals surface area contributed by atoms with Crippen molar-refractivity contribution in [2.45, 2.75) is 20.4 Å². The van der Waals surface area contributed by atoms with E-state index in [-0.39, 0.29) is 18.1 Å². The van der Waals surface area contributed by atoms with Crippen LogP contribution in [0.5, 0.6) is 0 Å². The predicted molar refractivity (Wildman–Crippen MR) is 95.2 cm³/mol. The van der Waals surface area contributed by atoms with E-state index in [4.69, 9.17) is 0 Å². The molecule has 2 heterocycles. The van der Waals surface area contributed by atoms with Gasteiger partial charge < -0.3 is 10.3 Å². The van der Waals surface area contributed by atoms with Crippen molar-refractivity contribution in [3.05, 3.63) is 81.7 Å². The summed E-state index contributed by atoms with van der Waals surface area (Å²) in [5.74, 6) is -0.378. The molecule has 2 aromatic heterocycles. The molecule has 25 heavy (non-hydrogen) atoms. The summed E-state index contributed by atoms with van der Waals surface area (Å²) in [5.41, 5.74) is 3.72. The zero-order chi connectivity index (χ0) is 17.8. The number of H-pyrrole nitrogens is 1. The monoisotopic (exact) mass is 334 g/mol. The lowest BCUT2D eigenvalue weighted by Gasteiger charge is -2.09. The first kappa shape index (κ1) is 16.6. The lowest BCUT2D eigenvalue weighted by atomic mass is 10.0. The molecule has 0 atom stereocenters. The van der Waals surface area contributed by atoms with Gasteiger partial charge in [-0.1, -0.05) is 23.8 Å². The number of pyridine rings is 1. The van der Waals surface area contributed by atoms with E-state index in [1.807, 2.05) is 50.2 Å². The maximum Gasteiger partial charge on any atom is 0.346 e. The van der Waals surface area contributed by atoms with E-state index in [0.717, 1.165) is 22.4 Å². The number of nitrogens with one attached hydrogen (secondary N) is 2. The van der Waals surface area contributed by atoms with Gasteiger partial charge in [-0.05, 0) is 43.7 Å². The third-order valence-corrected chi connectivity index (χ3v) is 3.81. The Morgan fingerprint density at radius 3 is 2.76 bits per heavy atom. The van der Waals surface area contributed by atoms with E-state index in [1.165, 1.54) is 0 Å². The van der Waals surface area contributed by atoms with E-state index >= 15 is 0 Å². The molecule has 6 heteroatoms. The normalized spacial score (nSPS) is 10.5. The lowest BCUT2D eigenvalue weighted by Crippen LogP contribution is -2.27. The van der Waals surface area contributed by atoms with E-state index in [0.29, 0.717) is 5.69 Å². The Balaban J connectivity index is 1.87. The molecule has 6 nitrogen and oxygen atoms in total. The summed E-state index contributed by atoms with van der Waals surface area (Å²) < 4.78 is 0. The molecule has 0 bridgehead atoms. The molecular formula is C19H18N4O2. The van der Waals surface area contributed by atoms with Gasteiger partial charge in [0.2, 0.25) is 0 Å². The summed E-state index contributed by atoms with van der Waals surface area (Å²) >= 11 is 0. The Kier molecular flexibility index (Phi) is 4.70. The molecule has 126 valence electrons. The van der Waals surface area contributed by atoms with Crippen LogP contribution in [0.25, 0.3) is 11.3 Å². The van der Waals surface area contributed by atoms with Gasteiger partial charge >= 0.3 is 5.69 Å². The molecule has 2 N–H and O–H groups in total. The highest BCUT2D eigenvalue weighted by molar-refractivity contribution is 5.93. The highest BCUT2D eigenvalue weighted by Gasteiger charge is 2.12. The number of benzene rings is 1. The SMILES string of the molecule is Cc1ccc(C)c(-c2cc(C(=O)NCc3ccccn3)[nH]c(=O)n2)c1. The molecule has 0 aliphatic rings. The van der Waals surface area contributed by atoms with E-state index in [2.05, 4.69) is 20.3 Å². The lowest BCUT2D eigenvalue weighted by molar-refractivity contribution is 0.0945. The highest BCUT2D eigenvalue weighted by atomic mass is 16.2. The topological polar surface area (TPSA) is 87.7 Å². The van der Waals surface area contributed by atoms with Gasteiger partial charge in [-0.25, -0.2) is 4.79 Å². The molecule has 0 unspecified atom stereocenters. The minimum atomic E-state index is -0.554. The Morgan fingerprint density at radius 2 is 2.00 bits per heavy atom. The van der Waals surface area contributed by atoms with Crippen molar-refractivity contribution >= 4 is 5.91 Å². The van der Waals surface area contributed by atoms with Crippen LogP contribution in [-0.4, -0.2) is 20.9 Å². The minimum Gasteiger partial charge on any atom is -0.345 e. The number of carbonyl (C=O) groups is 1. The Bertz CT molecular complexity index is 965. The summed E-state index contributed by atoms with van der Waals surface area (Å²) in [5, 5.41) is 2.75. The third-order valence-electron chi connectivity index (χ3n) is 3.81. The van der Waals surface area contributed by atoms with Crippen molar-refractivity contribution in [1.29, 1.82) is 0 Å². The van der Waals surface area contributed by atoms with Gasteiger partial charge in [0, 0.05) is 11.8 Å². The number of nitrogens with zero attached hydrogens (tertiary/aromatic N) is 2. The third kappa shape index (κ3) is 3.98. The van der Waals surface area contributed by atoms with Crippen LogP contribution in [0.4, 0.5) is 0 Å². The largest absolute Gasteiger partial charge is 0.346 e. The molecular weight excluding hydrogens is 316 g/mol. The fourth-order valence-corrected chi connectivity index (χ4v) is 2.50. The van der Waals surface area contributed by atoms with Gasteiger partial charge in [0.05, 0.1) is 17.9 Å². The van der Waals surface area contributed by atoms with Gasteiger partial charge in [0.1, 0.15) is 5.69 Å². The average molecular weight is 334 g/mol. The van der Waals surface area contributed by atoms with Crippen LogP contribution in [0.1, 0.15) is 27.3 Å². The maximum atomic E-state index is 12.4. The van der Waals surface area contributed by atoms with Crippen LogP contribution in [0, 0.1) is 13.8 Å². The Morgan fingerprint density at radius 1 is 1.16 bits per heavy atom. The molecule has 0 aliphatic heterocycles. The molecule has 0 radical (unpaired) electrons. The van der Waals surface area contributed by atoms with Crippen molar-refractivity contribution in [3.63, 3.8) is 0 Å². The number of aryl methyl sites for hydroxylation is 2. The molecule has 0 fully saturated rings. The van der Waals surface area contributed by atoms with Gasteiger partial charge in [0.25, 0.3) is 5.91 Å². The van der Waals surface area contributed by atoms with Gasteiger partial charge in [0.15, 0.2) is 0 Å². The summed E-state index contributed by atoms with van der Waals surface area (Å²) in [6.07, 6.45) is 1.66. The summed E-state index contributed by atoms with van der Waals surface area (Å²) in [4.78, 5) is 34.9. The first-order chi connectivity index (χ1) is 12.0. The quantitative estimate of drug-likeness (QED) is 0.767. The number of aromatic nitrogens is 3. The first-order valence-corrected chi connectivity index (χ1v) is 7.90. The second kappa shape index (κ2) is 7.09. The minimum absolute atomic E-state index is 0.173. The van der Waals surface area contributed by atoms with Gasteiger partial charge in [-0.3, -0.25) is 9.78 Å². The standard InChI is InChI=1S/C19H18N4O2/c1-12-6-7-13(2)15(9-12)16-10-17(23-19(25)22-16)18(24)21-11-14-5-3-4-8-20-14/h3-10H,11H2,1-2H3,(H,21,24)(H,22,23,25). The molecule has 0 aliphatic carbocycles. The fraction of sp³-hybridized carbons (Fsp3) is 0.158. The van der Waals surface area contributed by atoms with Crippen molar-refractivity contribution in [2.75, 3.05) is 0 Å². The molecule has 1 amide bonds. The van der Waals surface area contributed by atoms with Crippen molar-refractivity contribution in [1.82, 2.24) is 20.3 Å². The zero-order valence-corrected chi connectivity index (χ0v) is 14.0. The zero-order valence-electron chi connectivity index (χ0n) is 14.0. The number of rotatable bonds is 4. The molecule has 3 aromatic rings. The summed E-state index contributed by atoms with van der Waals surface area (Å²) in [6.45, 7) is 4.19. The Hall–Kier alpha value is -3.28. The number of carbonyl (C=O) groups excluding carboxylic acids is 1. The Labute approximate surface area is 145 Å². The van der Waals surface area contributed by atoms with E-state index in [1.54, 1.807) is 12.3 Å². The fourth-order valence-electron chi connectivity index (χ4n) is 2.50. The number of amides is 1. The van der Waals surface area contributed by atoms with Crippen LogP contribution in [0.2, 0.25) is 0 Å². The van der Waals surface area contributed by atoms with Crippen LogP contribution in [0.15, 0.2) is 53.5 Å². The molecule has 0 spiro atoms. The van der Waals surface area contributed by atoms with E-state index in [9.17, 15) is 9.59 Å². The average Bonchev–Trinajstić information content (AvgIpc) is 2.62. The van der Waals surface area contributed by atoms with Crippen LogP contribution in [-0.2, 0) is 6.54 Å². The smallest absolute Gasteiger partial charge is 0.345 e. The van der Waals surface area contributed by atoms with Crippen LogP contribution < -0.4 is 11.0 Å². The molecule has 3 rings (SSSR count). The number of hydrogen-bond donors (Lipinski definition) is 2. The number of hydrogen-bond acceptors (Lipinski definition) is 4. The summed E-state index contributed by atoms with van der Waals surface area (Å²) in [6, 6.07) is 13.0. The van der Waals surface area contributed by atoms with Crippen molar-refractivity contribution in [3.8, 4) is 11.3 Å².